The molecule has 0 radical (unpaired) electrons. The summed E-state index contributed by atoms with van der Waals surface area (Å²) < 4.78 is 8.68. The number of aromatic nitrogens is 5. The molecule has 3 aromatic heterocycles. The Balaban J connectivity index is 1.50. The maximum Gasteiger partial charge on any atom is 0.389 e. The third-order valence-corrected chi connectivity index (χ3v) is 5.93. The first-order valence-corrected chi connectivity index (χ1v) is 10.9. The minimum absolute atomic E-state index is 0.0246. The molecule has 0 atom stereocenters. The molecule has 170 valence electrons. The summed E-state index contributed by atoms with van der Waals surface area (Å²) in [5.74, 6) is -0.181. The lowest BCUT2D eigenvalue weighted by Crippen LogP contribution is -2.17. The number of hydrogen-bond donors (Lipinski definition) is 1. The number of benzene rings is 1. The Hall–Kier alpha value is -3.22. The van der Waals surface area contributed by atoms with E-state index < -0.39 is 10.8 Å². The topological polar surface area (TPSA) is 134 Å². The zero-order valence-electron chi connectivity index (χ0n) is 16.8. The Bertz CT molecular complexity index is 1360. The summed E-state index contributed by atoms with van der Waals surface area (Å²) in [6.45, 7) is 2.11. The van der Waals surface area contributed by atoms with Gasteiger partial charge in [-0.2, -0.15) is 9.78 Å². The van der Waals surface area contributed by atoms with Gasteiger partial charge in [-0.25, -0.2) is 0 Å². The van der Waals surface area contributed by atoms with E-state index in [1.807, 2.05) is 6.07 Å². The van der Waals surface area contributed by atoms with Gasteiger partial charge in [0.2, 0.25) is 0 Å². The van der Waals surface area contributed by atoms with Gasteiger partial charge in [-0.1, -0.05) is 34.4 Å². The fraction of sp³-hybridized carbons (Fsp3) is 0.158. The first-order valence-electron chi connectivity index (χ1n) is 9.32. The highest BCUT2D eigenvalue weighted by Gasteiger charge is 2.23. The van der Waals surface area contributed by atoms with Crippen LogP contribution in [-0.4, -0.2) is 35.5 Å². The first-order chi connectivity index (χ1) is 15.7. The van der Waals surface area contributed by atoms with E-state index in [0.29, 0.717) is 32.4 Å². The van der Waals surface area contributed by atoms with Crippen molar-refractivity contribution in [1.29, 1.82) is 0 Å². The van der Waals surface area contributed by atoms with Gasteiger partial charge < -0.3 is 20.0 Å². The van der Waals surface area contributed by atoms with Crippen molar-refractivity contribution in [1.82, 2.24) is 24.7 Å². The maximum absolute atomic E-state index is 12.9. The molecule has 0 unspecified atom stereocenters. The Morgan fingerprint density at radius 3 is 2.70 bits per heavy atom. The molecule has 0 saturated carbocycles. The Kier molecular flexibility index (Phi) is 6.49. The molecule has 0 aliphatic heterocycles. The summed E-state index contributed by atoms with van der Waals surface area (Å²) in [4.78, 5) is 23.1. The molecule has 0 aliphatic rings. The smallest absolute Gasteiger partial charge is 0.361 e. The second-order valence-corrected chi connectivity index (χ2v) is 8.59. The van der Waals surface area contributed by atoms with Crippen molar-refractivity contribution in [3.05, 3.63) is 83.9 Å². The van der Waals surface area contributed by atoms with E-state index in [2.05, 4.69) is 36.6 Å². The molecule has 0 fully saturated rings. The van der Waals surface area contributed by atoms with Crippen molar-refractivity contribution in [2.24, 2.45) is 0 Å². The fourth-order valence-corrected chi connectivity index (χ4v) is 3.74. The quantitative estimate of drug-likeness (QED) is 0.258. The average molecular weight is 555 g/mol. The second kappa shape index (κ2) is 9.33. The third-order valence-electron chi connectivity index (χ3n) is 4.61. The maximum atomic E-state index is 12.9. The largest absolute Gasteiger partial charge is 0.389 e. The van der Waals surface area contributed by atoms with Gasteiger partial charge in [-0.15, -0.1) is 0 Å². The molecule has 1 N–H and O–H groups in total. The van der Waals surface area contributed by atoms with Crippen molar-refractivity contribution in [3.8, 4) is 0 Å². The molecule has 14 heteroatoms. The van der Waals surface area contributed by atoms with Crippen LogP contribution in [0.4, 0.5) is 11.6 Å². The number of amides is 1. The van der Waals surface area contributed by atoms with E-state index in [0.717, 1.165) is 5.56 Å². The van der Waals surface area contributed by atoms with Gasteiger partial charge in [0, 0.05) is 6.20 Å². The van der Waals surface area contributed by atoms with Crippen LogP contribution in [0.15, 0.2) is 45.7 Å². The van der Waals surface area contributed by atoms with E-state index >= 15 is 0 Å². The van der Waals surface area contributed by atoms with Gasteiger partial charge in [-0.05, 0) is 45.5 Å². The number of halogens is 3. The lowest BCUT2D eigenvalue weighted by atomic mass is 10.2. The monoisotopic (exact) mass is 553 g/mol. The summed E-state index contributed by atoms with van der Waals surface area (Å²) in [5, 5.41) is 26.5. The SMILES string of the molecule is Cc1onc(C(=O)Nc2nn(Cc3ccc(Cl)c(Cl)c3)cc2Br)c1Cn1ccc([N+](=O)[O-])n1. The van der Waals surface area contributed by atoms with Crippen molar-refractivity contribution < 1.29 is 14.2 Å². The second-order valence-electron chi connectivity index (χ2n) is 6.92. The van der Waals surface area contributed by atoms with Crippen LogP contribution in [0.1, 0.15) is 27.4 Å². The highest BCUT2D eigenvalue weighted by Crippen LogP contribution is 2.25. The van der Waals surface area contributed by atoms with Crippen molar-refractivity contribution in [3.63, 3.8) is 0 Å². The van der Waals surface area contributed by atoms with E-state index in [-0.39, 0.29) is 23.9 Å². The fourth-order valence-electron chi connectivity index (χ4n) is 3.01. The average Bonchev–Trinajstić information content (AvgIpc) is 3.46. The van der Waals surface area contributed by atoms with Crippen LogP contribution >= 0.6 is 39.1 Å². The van der Waals surface area contributed by atoms with Crippen LogP contribution in [0.3, 0.4) is 0 Å². The number of carbonyl (C=O) groups is 1. The third kappa shape index (κ3) is 5.07. The zero-order chi connectivity index (χ0) is 23.7. The minimum atomic E-state index is -0.601. The number of nitro groups is 1. The molecule has 4 rings (SSSR count). The molecule has 1 amide bonds. The van der Waals surface area contributed by atoms with Crippen LogP contribution < -0.4 is 5.32 Å². The number of nitrogens with zero attached hydrogens (tertiary/aromatic N) is 6. The highest BCUT2D eigenvalue weighted by atomic mass is 79.9. The Labute approximate surface area is 204 Å². The number of carbonyl (C=O) groups excluding carboxylic acids is 1. The van der Waals surface area contributed by atoms with Crippen molar-refractivity contribution in [2.45, 2.75) is 20.0 Å². The van der Waals surface area contributed by atoms with E-state index in [1.165, 1.54) is 16.9 Å². The highest BCUT2D eigenvalue weighted by molar-refractivity contribution is 9.10. The molecule has 0 spiro atoms. The predicted molar refractivity (Wildman–Crippen MR) is 123 cm³/mol. The number of nitrogens with one attached hydrogen (secondary N) is 1. The van der Waals surface area contributed by atoms with E-state index in [9.17, 15) is 14.9 Å². The molecule has 11 nitrogen and oxygen atoms in total. The lowest BCUT2D eigenvalue weighted by molar-refractivity contribution is -0.389. The molecule has 33 heavy (non-hydrogen) atoms. The normalized spacial score (nSPS) is 11.0. The zero-order valence-corrected chi connectivity index (χ0v) is 19.9. The number of hydrogen-bond acceptors (Lipinski definition) is 7. The number of anilines is 1. The van der Waals surface area contributed by atoms with E-state index in [1.54, 1.807) is 29.9 Å². The van der Waals surface area contributed by atoms with Gasteiger partial charge in [0.15, 0.2) is 11.5 Å². The first kappa shape index (κ1) is 23.0. The van der Waals surface area contributed by atoms with Crippen molar-refractivity contribution in [2.75, 3.05) is 5.32 Å². The van der Waals surface area contributed by atoms with Crippen LogP contribution in [0, 0.1) is 17.0 Å². The molecule has 4 aromatic rings. The Morgan fingerprint density at radius 1 is 1.21 bits per heavy atom. The lowest BCUT2D eigenvalue weighted by Gasteiger charge is -2.04. The van der Waals surface area contributed by atoms with Gasteiger partial charge >= 0.3 is 5.82 Å². The summed E-state index contributed by atoms with van der Waals surface area (Å²) in [5.41, 5.74) is 1.34. The van der Waals surface area contributed by atoms with Gasteiger partial charge in [0.25, 0.3) is 5.91 Å². The molecule has 0 aliphatic carbocycles. The molecule has 0 bridgehead atoms. The molecular formula is C19H14BrCl2N7O4. The van der Waals surface area contributed by atoms with E-state index in [4.69, 9.17) is 27.7 Å². The molecular weight excluding hydrogens is 541 g/mol. The van der Waals surface area contributed by atoms with Crippen LogP contribution in [0.5, 0.6) is 0 Å². The predicted octanol–water partition coefficient (Wildman–Crippen LogP) is 4.70. The van der Waals surface area contributed by atoms with Crippen molar-refractivity contribution >= 4 is 56.7 Å². The van der Waals surface area contributed by atoms with Gasteiger partial charge in [-0.3, -0.25) is 9.48 Å². The van der Waals surface area contributed by atoms with Crippen LogP contribution in [0.25, 0.3) is 0 Å². The summed E-state index contributed by atoms with van der Waals surface area (Å²) in [6, 6.07) is 6.53. The van der Waals surface area contributed by atoms with Gasteiger partial charge in [0.05, 0.1) is 50.5 Å². The Morgan fingerprint density at radius 2 is 2.00 bits per heavy atom. The summed E-state index contributed by atoms with van der Waals surface area (Å²) >= 11 is 15.4. The van der Waals surface area contributed by atoms with Crippen LogP contribution in [0.2, 0.25) is 10.0 Å². The van der Waals surface area contributed by atoms with Gasteiger partial charge in [0.1, 0.15) is 5.76 Å². The number of aryl methyl sites for hydroxylation is 1. The summed E-state index contributed by atoms with van der Waals surface area (Å²) in [7, 11) is 0. The molecule has 3 heterocycles. The molecule has 1 aromatic carbocycles. The number of rotatable bonds is 7. The summed E-state index contributed by atoms with van der Waals surface area (Å²) in [6.07, 6.45) is 3.14. The molecule has 0 saturated heterocycles. The standard InChI is InChI=1S/C19H14BrCl2N7O4/c1-10-12(8-27-5-4-16(24-27)29(31)32)17(26-33-10)19(30)23-18-13(20)9-28(25-18)7-11-2-3-14(21)15(22)6-11/h2-6,9H,7-8H2,1H3,(H,23,25,30). The van der Waals surface area contributed by atoms with Crippen LogP contribution in [-0.2, 0) is 13.1 Å². The minimum Gasteiger partial charge on any atom is -0.361 e.